The number of benzene rings is 3. The van der Waals surface area contributed by atoms with Gasteiger partial charge in [0, 0.05) is 36.0 Å². The molecule has 252 valence electrons. The highest BCUT2D eigenvalue weighted by Gasteiger charge is 2.42. The lowest BCUT2D eigenvalue weighted by molar-refractivity contribution is -0.118. The summed E-state index contributed by atoms with van der Waals surface area (Å²) in [6, 6.07) is 14.8. The number of fused-ring (bicyclic) bond motifs is 1. The average Bonchev–Trinajstić information content (AvgIpc) is 3.54. The van der Waals surface area contributed by atoms with Gasteiger partial charge in [-0.3, -0.25) is 14.4 Å². The van der Waals surface area contributed by atoms with Crippen LogP contribution >= 0.6 is 22.6 Å². The Hall–Kier alpha value is -4.47. The zero-order valence-electron chi connectivity index (χ0n) is 26.2. The summed E-state index contributed by atoms with van der Waals surface area (Å²) in [6.07, 6.45) is -0.257. The number of hydrogen-bond acceptors (Lipinski definition) is 9. The molecule has 3 N–H and O–H groups in total. The Bertz CT molecular complexity index is 1840. The molecular weight excluding hydrogens is 738 g/mol. The van der Waals surface area contributed by atoms with Crippen LogP contribution in [0.15, 0.2) is 76.7 Å². The van der Waals surface area contributed by atoms with Crippen molar-refractivity contribution in [2.45, 2.75) is 31.1 Å². The van der Waals surface area contributed by atoms with E-state index in [4.69, 9.17) is 18.6 Å². The molecule has 13 heteroatoms. The second-order valence-electron chi connectivity index (χ2n) is 11.0. The molecule has 1 heterocycles. The number of halogens is 2. The number of hydrogen-bond donors (Lipinski definition) is 3. The standard InChI is InChI=1S/C35H34FIN2O9/c1-45-27-8-4-6-22-17-30(48-32(22)27)35(44)39(11-9-20-5-3-7-24(36)13-20)26-16-23(34(43)38-10-12-40)18-28(31(26)42)47-33-25(37)14-21(19-41)15-29(33)46-2/h3-8,13-15,17-19,26,28,31,40,42H,9-12,16H2,1-2H3,(H,38,43). The number of aliphatic hydroxyl groups excluding tert-OH is 2. The smallest absolute Gasteiger partial charge is 0.289 e. The van der Waals surface area contributed by atoms with Crippen LogP contribution in [0, 0.1) is 9.39 Å². The van der Waals surface area contributed by atoms with Crippen molar-refractivity contribution in [3.05, 3.63) is 98.6 Å². The van der Waals surface area contributed by atoms with Crippen LogP contribution in [0.5, 0.6) is 17.2 Å². The quantitative estimate of drug-likeness (QED) is 0.134. The SMILES string of the molecule is COc1cc(C=O)cc(I)c1OC1C=C(C(=O)NCCO)CC(N(CCc2cccc(F)c2)C(=O)c2cc3cccc(OC)c3o2)C1O. The maximum atomic E-state index is 14.3. The highest BCUT2D eigenvalue weighted by molar-refractivity contribution is 14.1. The number of aldehydes is 1. The minimum atomic E-state index is -1.37. The van der Waals surface area contributed by atoms with Gasteiger partial charge in [0.15, 0.2) is 28.6 Å². The Balaban J connectivity index is 1.56. The third kappa shape index (κ3) is 7.63. The molecular formula is C35H34FIN2O9. The summed E-state index contributed by atoms with van der Waals surface area (Å²) in [7, 11) is 2.90. The number of nitrogens with one attached hydrogen (secondary N) is 1. The van der Waals surface area contributed by atoms with Crippen molar-refractivity contribution in [3.63, 3.8) is 0 Å². The van der Waals surface area contributed by atoms with Crippen molar-refractivity contribution < 1.29 is 47.6 Å². The molecule has 0 saturated carbocycles. The molecule has 1 aliphatic carbocycles. The molecule has 3 unspecified atom stereocenters. The van der Waals surface area contributed by atoms with Gasteiger partial charge in [-0.1, -0.05) is 24.3 Å². The molecule has 2 amide bonds. The van der Waals surface area contributed by atoms with E-state index in [2.05, 4.69) is 5.32 Å². The lowest BCUT2D eigenvalue weighted by Crippen LogP contribution is -2.55. The van der Waals surface area contributed by atoms with Crippen molar-refractivity contribution >= 4 is 51.7 Å². The van der Waals surface area contributed by atoms with Gasteiger partial charge in [-0.25, -0.2) is 4.39 Å². The van der Waals surface area contributed by atoms with Gasteiger partial charge in [0.05, 0.1) is 30.4 Å². The first-order chi connectivity index (χ1) is 23.2. The Morgan fingerprint density at radius 3 is 2.58 bits per heavy atom. The van der Waals surface area contributed by atoms with Gasteiger partial charge in [0.2, 0.25) is 5.91 Å². The molecule has 5 rings (SSSR count). The fourth-order valence-corrected chi connectivity index (χ4v) is 6.39. The van der Waals surface area contributed by atoms with E-state index in [1.54, 1.807) is 42.5 Å². The van der Waals surface area contributed by atoms with Gasteiger partial charge < -0.3 is 39.1 Å². The number of carbonyl (C=O) groups is 3. The first-order valence-corrected chi connectivity index (χ1v) is 16.1. The number of rotatable bonds is 13. The van der Waals surface area contributed by atoms with E-state index >= 15 is 0 Å². The first kappa shape index (κ1) is 34.9. The van der Waals surface area contributed by atoms with Crippen molar-refractivity contribution in [1.29, 1.82) is 0 Å². The lowest BCUT2D eigenvalue weighted by atomic mass is 9.87. The summed E-state index contributed by atoms with van der Waals surface area (Å²) in [6.45, 7) is -0.292. The highest BCUT2D eigenvalue weighted by Crippen LogP contribution is 2.37. The summed E-state index contributed by atoms with van der Waals surface area (Å²) < 4.78 is 37.8. The molecule has 48 heavy (non-hydrogen) atoms. The molecule has 0 fully saturated rings. The molecule has 0 saturated heterocycles. The number of aliphatic hydroxyl groups is 2. The third-order valence-corrected chi connectivity index (χ3v) is 8.79. The molecule has 0 bridgehead atoms. The van der Waals surface area contributed by atoms with Crippen molar-refractivity contribution in [2.75, 3.05) is 33.9 Å². The number of furan rings is 1. The zero-order chi connectivity index (χ0) is 34.4. The van der Waals surface area contributed by atoms with Crippen LogP contribution in [-0.4, -0.2) is 85.4 Å². The molecule has 3 atom stereocenters. The molecule has 0 spiro atoms. The van der Waals surface area contributed by atoms with Crippen LogP contribution in [0.3, 0.4) is 0 Å². The highest BCUT2D eigenvalue weighted by atomic mass is 127. The van der Waals surface area contributed by atoms with E-state index in [0.717, 1.165) is 0 Å². The topological polar surface area (TPSA) is 148 Å². The maximum absolute atomic E-state index is 14.3. The van der Waals surface area contributed by atoms with Crippen LogP contribution in [-0.2, 0) is 11.2 Å². The number of para-hydroxylation sites is 1. The summed E-state index contributed by atoms with van der Waals surface area (Å²) in [4.78, 5) is 40.5. The van der Waals surface area contributed by atoms with Gasteiger partial charge in [0.1, 0.15) is 24.3 Å². The lowest BCUT2D eigenvalue weighted by Gasteiger charge is -2.40. The molecule has 1 aliphatic rings. The zero-order valence-corrected chi connectivity index (χ0v) is 28.3. The van der Waals surface area contributed by atoms with Gasteiger partial charge in [0.25, 0.3) is 5.91 Å². The van der Waals surface area contributed by atoms with Crippen molar-refractivity contribution in [1.82, 2.24) is 10.2 Å². The molecule has 3 aromatic carbocycles. The average molecular weight is 773 g/mol. The van der Waals surface area contributed by atoms with Gasteiger partial charge in [-0.05, 0) is 77.0 Å². The molecule has 0 aliphatic heterocycles. The summed E-state index contributed by atoms with van der Waals surface area (Å²) in [5.41, 5.74) is 1.53. The summed E-state index contributed by atoms with van der Waals surface area (Å²) in [5.74, 6) is -0.671. The van der Waals surface area contributed by atoms with Crippen LogP contribution in [0.2, 0.25) is 0 Å². The third-order valence-electron chi connectivity index (χ3n) is 7.99. The monoisotopic (exact) mass is 772 g/mol. The number of amides is 2. The van der Waals surface area contributed by atoms with E-state index < -0.39 is 35.9 Å². The fraction of sp³-hybridized carbons (Fsp3) is 0.286. The summed E-state index contributed by atoms with van der Waals surface area (Å²) in [5, 5.41) is 24.5. The van der Waals surface area contributed by atoms with E-state index in [1.807, 2.05) is 22.6 Å². The van der Waals surface area contributed by atoms with Gasteiger partial charge >= 0.3 is 0 Å². The number of carbonyl (C=O) groups excluding carboxylic acids is 3. The Kier molecular flexibility index (Phi) is 11.3. The van der Waals surface area contributed by atoms with E-state index in [9.17, 15) is 29.0 Å². The van der Waals surface area contributed by atoms with Crippen LogP contribution < -0.4 is 19.5 Å². The summed E-state index contributed by atoms with van der Waals surface area (Å²) >= 11 is 1.98. The fourth-order valence-electron chi connectivity index (χ4n) is 5.64. The van der Waals surface area contributed by atoms with E-state index in [1.165, 1.54) is 43.4 Å². The van der Waals surface area contributed by atoms with E-state index in [-0.39, 0.29) is 55.4 Å². The van der Waals surface area contributed by atoms with Crippen LogP contribution in [0.1, 0.15) is 32.9 Å². The largest absolute Gasteiger partial charge is 0.493 e. The van der Waals surface area contributed by atoms with Crippen molar-refractivity contribution in [2.24, 2.45) is 0 Å². The molecule has 1 aromatic heterocycles. The number of ether oxygens (including phenoxy) is 3. The number of nitrogens with zero attached hydrogens (tertiary/aromatic N) is 1. The Labute approximate surface area is 289 Å². The van der Waals surface area contributed by atoms with E-state index in [0.29, 0.717) is 37.7 Å². The van der Waals surface area contributed by atoms with Crippen LogP contribution in [0.4, 0.5) is 4.39 Å². The Morgan fingerprint density at radius 1 is 1.10 bits per heavy atom. The van der Waals surface area contributed by atoms with Gasteiger partial charge in [-0.2, -0.15) is 0 Å². The first-order valence-electron chi connectivity index (χ1n) is 15.1. The second-order valence-corrected chi connectivity index (χ2v) is 12.2. The normalized spacial score (nSPS) is 17.4. The number of methoxy groups -OCH3 is 2. The Morgan fingerprint density at radius 2 is 1.88 bits per heavy atom. The minimum absolute atomic E-state index is 0.0170. The molecule has 11 nitrogen and oxygen atoms in total. The molecule has 0 radical (unpaired) electrons. The van der Waals surface area contributed by atoms with Crippen LogP contribution in [0.25, 0.3) is 11.0 Å². The van der Waals surface area contributed by atoms with Gasteiger partial charge in [-0.15, -0.1) is 0 Å². The second kappa shape index (κ2) is 15.6. The predicted octanol–water partition coefficient (Wildman–Crippen LogP) is 4.31. The maximum Gasteiger partial charge on any atom is 0.289 e. The van der Waals surface area contributed by atoms with Crippen molar-refractivity contribution in [3.8, 4) is 17.2 Å². The molecule has 4 aromatic rings. The predicted molar refractivity (Wildman–Crippen MR) is 182 cm³/mol. The minimum Gasteiger partial charge on any atom is -0.493 e.